The Hall–Kier alpha value is -1.45. The molecule has 2 rings (SSSR count). The molecule has 14 heavy (non-hydrogen) atoms. The number of allylic oxidation sites excluding steroid dienone is 1. The molecule has 1 aliphatic rings. The molecule has 0 spiro atoms. The lowest BCUT2D eigenvalue weighted by Gasteiger charge is -2.27. The van der Waals surface area contributed by atoms with Crippen LogP contribution >= 0.6 is 0 Å². The topological polar surface area (TPSA) is 46.5 Å². The fourth-order valence-corrected chi connectivity index (χ4v) is 1.62. The van der Waals surface area contributed by atoms with E-state index in [1.807, 2.05) is 6.07 Å². The quantitative estimate of drug-likeness (QED) is 0.545. The first kappa shape index (κ1) is 9.12. The summed E-state index contributed by atoms with van der Waals surface area (Å²) < 4.78 is 0. The number of rotatable bonds is 1. The van der Waals surface area contributed by atoms with Crippen molar-refractivity contribution in [3.8, 4) is 0 Å². The van der Waals surface area contributed by atoms with Crippen LogP contribution in [0.25, 0.3) is 0 Å². The molecule has 0 bridgehead atoms. The van der Waals surface area contributed by atoms with Gasteiger partial charge in [0.25, 0.3) is 0 Å². The number of carbonyl (C=O) groups excluding carboxylic acids is 1. The van der Waals surface area contributed by atoms with Crippen molar-refractivity contribution in [2.24, 2.45) is 0 Å². The highest BCUT2D eigenvalue weighted by Gasteiger charge is 2.32. The average Bonchev–Trinajstić information content (AvgIpc) is 2.24. The molecule has 1 N–H and O–H groups in total. The standard InChI is InChI=1S/C11H10O3/c1-11(14-13)7-6-10(12)8-4-2-3-5-9(8)11/h2-7,13H,1H3. The molecule has 0 aromatic heterocycles. The van der Waals surface area contributed by atoms with Gasteiger partial charge in [-0.2, -0.15) is 0 Å². The SMILES string of the molecule is CC1(OO)C=CC(=O)c2ccccc21. The Morgan fingerprint density at radius 3 is 2.79 bits per heavy atom. The molecule has 0 saturated heterocycles. The van der Waals surface area contributed by atoms with E-state index in [1.165, 1.54) is 6.08 Å². The predicted octanol–water partition coefficient (Wildman–Crippen LogP) is 2.14. The lowest BCUT2D eigenvalue weighted by atomic mass is 9.85. The molecule has 0 saturated carbocycles. The highest BCUT2D eigenvalue weighted by molar-refractivity contribution is 6.07. The lowest BCUT2D eigenvalue weighted by molar-refractivity contribution is -0.307. The summed E-state index contributed by atoms with van der Waals surface area (Å²) in [5.41, 5.74) is 0.353. The van der Waals surface area contributed by atoms with E-state index < -0.39 is 5.60 Å². The number of hydrogen-bond acceptors (Lipinski definition) is 3. The van der Waals surface area contributed by atoms with Crippen LogP contribution in [0.4, 0.5) is 0 Å². The van der Waals surface area contributed by atoms with Gasteiger partial charge in [0.15, 0.2) is 5.78 Å². The highest BCUT2D eigenvalue weighted by atomic mass is 17.1. The Kier molecular flexibility index (Phi) is 1.98. The van der Waals surface area contributed by atoms with E-state index in [0.29, 0.717) is 11.1 Å². The fraction of sp³-hybridized carbons (Fsp3) is 0.182. The third-order valence-electron chi connectivity index (χ3n) is 2.47. The molecule has 0 fully saturated rings. The summed E-state index contributed by atoms with van der Waals surface area (Å²) >= 11 is 0. The summed E-state index contributed by atoms with van der Waals surface area (Å²) in [6, 6.07) is 7.08. The van der Waals surface area contributed by atoms with Gasteiger partial charge >= 0.3 is 0 Å². The van der Waals surface area contributed by atoms with Gasteiger partial charge in [0.2, 0.25) is 0 Å². The first-order chi connectivity index (χ1) is 6.67. The van der Waals surface area contributed by atoms with Gasteiger partial charge in [-0.15, -0.1) is 0 Å². The highest BCUT2D eigenvalue weighted by Crippen LogP contribution is 2.32. The molecule has 0 aliphatic heterocycles. The lowest BCUT2D eigenvalue weighted by Crippen LogP contribution is -2.27. The third kappa shape index (κ3) is 1.18. The normalized spacial score (nSPS) is 24.9. The van der Waals surface area contributed by atoms with Gasteiger partial charge < -0.3 is 0 Å². The van der Waals surface area contributed by atoms with Crippen LogP contribution in [0.3, 0.4) is 0 Å². The second-order valence-corrected chi connectivity index (χ2v) is 3.44. The maximum absolute atomic E-state index is 11.5. The summed E-state index contributed by atoms with van der Waals surface area (Å²) in [6.45, 7) is 1.70. The largest absolute Gasteiger partial charge is 0.289 e. The molecular weight excluding hydrogens is 180 g/mol. The van der Waals surface area contributed by atoms with Crippen molar-refractivity contribution >= 4 is 5.78 Å². The Morgan fingerprint density at radius 1 is 1.36 bits per heavy atom. The van der Waals surface area contributed by atoms with Crippen molar-refractivity contribution < 1.29 is 14.9 Å². The van der Waals surface area contributed by atoms with Crippen molar-refractivity contribution in [2.45, 2.75) is 12.5 Å². The summed E-state index contributed by atoms with van der Waals surface area (Å²) in [4.78, 5) is 15.9. The van der Waals surface area contributed by atoms with Crippen molar-refractivity contribution in [2.75, 3.05) is 0 Å². The Balaban J connectivity index is 2.64. The monoisotopic (exact) mass is 190 g/mol. The van der Waals surface area contributed by atoms with E-state index in [0.717, 1.165) is 0 Å². The first-order valence-corrected chi connectivity index (χ1v) is 4.33. The molecule has 0 radical (unpaired) electrons. The van der Waals surface area contributed by atoms with Crippen molar-refractivity contribution in [3.05, 3.63) is 47.5 Å². The van der Waals surface area contributed by atoms with Crippen LogP contribution in [0.2, 0.25) is 0 Å². The summed E-state index contributed by atoms with van der Waals surface area (Å²) in [7, 11) is 0. The minimum absolute atomic E-state index is 0.0601. The summed E-state index contributed by atoms with van der Waals surface area (Å²) in [5.74, 6) is -0.0601. The molecule has 1 unspecified atom stereocenters. The van der Waals surface area contributed by atoms with Crippen molar-refractivity contribution in [1.29, 1.82) is 0 Å². The van der Waals surface area contributed by atoms with Crippen LogP contribution in [0, 0.1) is 0 Å². The molecule has 1 atom stereocenters. The molecule has 3 nitrogen and oxygen atoms in total. The van der Waals surface area contributed by atoms with E-state index in [9.17, 15) is 4.79 Å². The molecule has 1 aliphatic carbocycles. The van der Waals surface area contributed by atoms with Gasteiger partial charge in [-0.05, 0) is 19.1 Å². The molecule has 0 amide bonds. The molecule has 72 valence electrons. The number of carbonyl (C=O) groups is 1. The second-order valence-electron chi connectivity index (χ2n) is 3.44. The van der Waals surface area contributed by atoms with Gasteiger partial charge in [0.05, 0.1) is 0 Å². The molecule has 0 heterocycles. The molecule has 1 aromatic rings. The zero-order chi connectivity index (χ0) is 10.2. The first-order valence-electron chi connectivity index (χ1n) is 4.33. The van der Waals surface area contributed by atoms with Crippen molar-refractivity contribution in [1.82, 2.24) is 0 Å². The van der Waals surface area contributed by atoms with Crippen LogP contribution in [0.5, 0.6) is 0 Å². The van der Waals surface area contributed by atoms with Gasteiger partial charge in [0, 0.05) is 11.1 Å². The maximum Gasteiger partial charge on any atom is 0.186 e. The van der Waals surface area contributed by atoms with E-state index in [-0.39, 0.29) is 5.78 Å². The number of fused-ring (bicyclic) bond motifs is 1. The van der Waals surface area contributed by atoms with Crippen LogP contribution in [-0.2, 0) is 10.5 Å². The average molecular weight is 190 g/mol. The Labute approximate surface area is 81.6 Å². The van der Waals surface area contributed by atoms with E-state index >= 15 is 0 Å². The Bertz CT molecular complexity index is 409. The number of ketones is 1. The van der Waals surface area contributed by atoms with Gasteiger partial charge in [0.1, 0.15) is 5.60 Å². The van der Waals surface area contributed by atoms with Gasteiger partial charge in [-0.3, -0.25) is 10.1 Å². The number of hydrogen-bond donors (Lipinski definition) is 1. The zero-order valence-electron chi connectivity index (χ0n) is 7.73. The zero-order valence-corrected chi connectivity index (χ0v) is 7.73. The van der Waals surface area contributed by atoms with E-state index in [2.05, 4.69) is 4.89 Å². The fourth-order valence-electron chi connectivity index (χ4n) is 1.62. The minimum Gasteiger partial charge on any atom is -0.289 e. The second kappa shape index (κ2) is 3.04. The molecule has 1 aromatic carbocycles. The van der Waals surface area contributed by atoms with Crippen LogP contribution in [0.15, 0.2) is 36.4 Å². The smallest absolute Gasteiger partial charge is 0.186 e. The van der Waals surface area contributed by atoms with E-state index in [1.54, 1.807) is 31.2 Å². The van der Waals surface area contributed by atoms with Gasteiger partial charge in [-0.1, -0.05) is 24.3 Å². The summed E-state index contributed by atoms with van der Waals surface area (Å²) in [6.07, 6.45) is 2.97. The predicted molar refractivity (Wildman–Crippen MR) is 51.0 cm³/mol. The van der Waals surface area contributed by atoms with E-state index in [4.69, 9.17) is 5.26 Å². The van der Waals surface area contributed by atoms with Crippen LogP contribution in [0.1, 0.15) is 22.8 Å². The molecular formula is C11H10O3. The Morgan fingerprint density at radius 2 is 2.07 bits per heavy atom. The molecule has 3 heteroatoms. The summed E-state index contributed by atoms with van der Waals surface area (Å²) in [5, 5.41) is 8.82. The third-order valence-corrected chi connectivity index (χ3v) is 2.47. The number of benzene rings is 1. The van der Waals surface area contributed by atoms with Crippen LogP contribution in [-0.4, -0.2) is 11.0 Å². The maximum atomic E-state index is 11.5. The van der Waals surface area contributed by atoms with Crippen LogP contribution < -0.4 is 0 Å². The minimum atomic E-state index is -0.912. The van der Waals surface area contributed by atoms with Crippen molar-refractivity contribution in [3.63, 3.8) is 0 Å². The van der Waals surface area contributed by atoms with Gasteiger partial charge in [-0.25, -0.2) is 4.89 Å².